The summed E-state index contributed by atoms with van der Waals surface area (Å²) in [5.41, 5.74) is 7.97. The molecule has 3 nitrogen and oxygen atoms in total. The van der Waals surface area contributed by atoms with Crippen molar-refractivity contribution in [1.82, 2.24) is 15.2 Å². The molecule has 1 aromatic heterocycles. The summed E-state index contributed by atoms with van der Waals surface area (Å²) in [5.74, 6) is 0.800. The van der Waals surface area contributed by atoms with E-state index >= 15 is 0 Å². The summed E-state index contributed by atoms with van der Waals surface area (Å²) in [7, 11) is 0. The molecule has 0 aliphatic carbocycles. The van der Waals surface area contributed by atoms with E-state index in [1.165, 1.54) is 33.4 Å². The molecule has 0 unspecified atom stereocenters. The van der Waals surface area contributed by atoms with Gasteiger partial charge in [-0.05, 0) is 60.9 Å². The maximum atomic E-state index is 4.37. The van der Waals surface area contributed by atoms with E-state index in [4.69, 9.17) is 0 Å². The summed E-state index contributed by atoms with van der Waals surface area (Å²) in [4.78, 5) is 4.37. The molecule has 1 aromatic carbocycles. The Morgan fingerprint density at radius 1 is 0.895 bits per heavy atom. The zero-order valence-corrected chi connectivity index (χ0v) is 13.0. The predicted molar refractivity (Wildman–Crippen MR) is 79.5 cm³/mol. The molecule has 0 saturated carbocycles. The molecule has 0 aliphatic heterocycles. The lowest BCUT2D eigenvalue weighted by molar-refractivity contribution is 0.585. The highest BCUT2D eigenvalue weighted by molar-refractivity contribution is 5.71. The fourth-order valence-electron chi connectivity index (χ4n) is 2.86. The average Bonchev–Trinajstić information content (AvgIpc) is 2.82. The van der Waals surface area contributed by atoms with Crippen LogP contribution in [-0.4, -0.2) is 15.2 Å². The van der Waals surface area contributed by atoms with Crippen LogP contribution >= 0.6 is 0 Å². The van der Waals surface area contributed by atoms with E-state index in [9.17, 15) is 0 Å². The second kappa shape index (κ2) is 4.48. The average molecular weight is 257 g/mol. The van der Waals surface area contributed by atoms with Gasteiger partial charge in [0.15, 0.2) is 5.82 Å². The van der Waals surface area contributed by atoms with Crippen molar-refractivity contribution in [2.75, 3.05) is 0 Å². The van der Waals surface area contributed by atoms with Gasteiger partial charge < -0.3 is 0 Å². The second-order valence-corrected chi connectivity index (χ2v) is 6.32. The highest BCUT2D eigenvalue weighted by Gasteiger charge is 2.26. The third-order valence-electron chi connectivity index (χ3n) is 4.08. The molecule has 0 radical (unpaired) electrons. The number of aromatic amines is 1. The highest BCUT2D eigenvalue weighted by atomic mass is 15.2. The normalized spacial score (nSPS) is 11.9. The Balaban J connectivity index is 2.92. The Kier molecular flexibility index (Phi) is 3.25. The van der Waals surface area contributed by atoms with E-state index in [0.29, 0.717) is 0 Å². The lowest BCUT2D eigenvalue weighted by atomic mass is 9.76. The van der Waals surface area contributed by atoms with Crippen molar-refractivity contribution in [3.8, 4) is 11.4 Å². The number of hydrogen-bond donors (Lipinski definition) is 1. The molecule has 1 N–H and O–H groups in total. The molecule has 0 bridgehead atoms. The third-order valence-corrected chi connectivity index (χ3v) is 4.08. The topological polar surface area (TPSA) is 41.6 Å². The fraction of sp³-hybridized carbons (Fsp3) is 0.500. The molecule has 0 amide bonds. The summed E-state index contributed by atoms with van der Waals surface area (Å²) >= 11 is 0. The van der Waals surface area contributed by atoms with Crippen LogP contribution in [0.5, 0.6) is 0 Å². The Morgan fingerprint density at radius 3 is 1.95 bits per heavy atom. The smallest absolute Gasteiger partial charge is 0.181 e. The first-order valence-corrected chi connectivity index (χ1v) is 6.72. The molecule has 2 rings (SSSR count). The molecule has 3 heteroatoms. The maximum absolute atomic E-state index is 4.37. The van der Waals surface area contributed by atoms with Crippen molar-refractivity contribution in [2.24, 2.45) is 0 Å². The van der Waals surface area contributed by atoms with Gasteiger partial charge >= 0.3 is 0 Å². The number of rotatable bonds is 1. The minimum Gasteiger partial charge on any atom is -0.265 e. The fourth-order valence-corrected chi connectivity index (χ4v) is 2.86. The van der Waals surface area contributed by atoms with E-state index < -0.39 is 0 Å². The zero-order valence-electron chi connectivity index (χ0n) is 13.0. The molecule has 0 aliphatic rings. The van der Waals surface area contributed by atoms with Crippen LogP contribution in [-0.2, 0) is 5.41 Å². The van der Waals surface area contributed by atoms with Crippen molar-refractivity contribution in [3.63, 3.8) is 0 Å². The van der Waals surface area contributed by atoms with Crippen LogP contribution in [0.15, 0.2) is 6.33 Å². The van der Waals surface area contributed by atoms with Gasteiger partial charge in [-0.2, -0.15) is 5.10 Å². The highest BCUT2D eigenvalue weighted by Crippen LogP contribution is 2.39. The minimum absolute atomic E-state index is 0.0727. The minimum atomic E-state index is 0.0727. The van der Waals surface area contributed by atoms with Crippen molar-refractivity contribution in [2.45, 2.75) is 53.9 Å². The molecule has 19 heavy (non-hydrogen) atoms. The van der Waals surface area contributed by atoms with Crippen LogP contribution in [0.1, 0.15) is 48.6 Å². The van der Waals surface area contributed by atoms with Gasteiger partial charge in [0.05, 0.1) is 0 Å². The Morgan fingerprint density at radius 2 is 1.47 bits per heavy atom. The van der Waals surface area contributed by atoms with E-state index in [2.05, 4.69) is 63.6 Å². The van der Waals surface area contributed by atoms with E-state index in [0.717, 1.165) is 5.82 Å². The molecule has 0 fully saturated rings. The van der Waals surface area contributed by atoms with Gasteiger partial charge in [0.2, 0.25) is 0 Å². The van der Waals surface area contributed by atoms with Crippen LogP contribution < -0.4 is 0 Å². The van der Waals surface area contributed by atoms with Crippen LogP contribution in [0.4, 0.5) is 0 Å². The first kappa shape index (κ1) is 13.8. The number of benzene rings is 1. The van der Waals surface area contributed by atoms with Crippen LogP contribution in [0.2, 0.25) is 0 Å². The van der Waals surface area contributed by atoms with Gasteiger partial charge in [0.1, 0.15) is 6.33 Å². The van der Waals surface area contributed by atoms with E-state index in [-0.39, 0.29) is 5.41 Å². The largest absolute Gasteiger partial charge is 0.265 e. The quantitative estimate of drug-likeness (QED) is 0.839. The number of hydrogen-bond acceptors (Lipinski definition) is 2. The van der Waals surface area contributed by atoms with Crippen molar-refractivity contribution in [3.05, 3.63) is 34.1 Å². The van der Waals surface area contributed by atoms with Gasteiger partial charge in [0.25, 0.3) is 0 Å². The summed E-state index contributed by atoms with van der Waals surface area (Å²) in [6.45, 7) is 15.5. The third kappa shape index (κ3) is 2.18. The van der Waals surface area contributed by atoms with Crippen LogP contribution in [0.3, 0.4) is 0 Å². The van der Waals surface area contributed by atoms with Gasteiger partial charge in [0, 0.05) is 5.56 Å². The van der Waals surface area contributed by atoms with Crippen LogP contribution in [0, 0.1) is 27.7 Å². The zero-order chi connectivity index (χ0) is 14.4. The molecule has 102 valence electrons. The Labute approximate surface area is 115 Å². The lowest BCUT2D eigenvalue weighted by Crippen LogP contribution is -2.18. The molecular formula is C16H23N3. The molecule has 1 heterocycles. The van der Waals surface area contributed by atoms with E-state index in [1.807, 2.05) is 0 Å². The molecule has 2 aromatic rings. The SMILES string of the molecule is Cc1c(C)c(C)c(C(C)(C)C)c(-c2nc[nH]n2)c1C. The number of H-pyrrole nitrogens is 1. The van der Waals surface area contributed by atoms with Crippen molar-refractivity contribution >= 4 is 0 Å². The molecular weight excluding hydrogens is 234 g/mol. The first-order valence-electron chi connectivity index (χ1n) is 6.72. The molecule has 0 saturated heterocycles. The molecule has 0 atom stereocenters. The number of nitrogens with zero attached hydrogens (tertiary/aromatic N) is 2. The second-order valence-electron chi connectivity index (χ2n) is 6.32. The summed E-state index contributed by atoms with van der Waals surface area (Å²) in [6, 6.07) is 0. The predicted octanol–water partition coefficient (Wildman–Crippen LogP) is 4.00. The molecule has 0 spiro atoms. The number of nitrogens with one attached hydrogen (secondary N) is 1. The standard InChI is InChI=1S/C16H23N3/c1-9-10(2)12(4)14(16(5,6)7)13(11(9)3)15-17-8-18-19-15/h8H,1-7H3,(H,17,18,19). The lowest BCUT2D eigenvalue weighted by Gasteiger charge is -2.28. The van der Waals surface area contributed by atoms with Crippen molar-refractivity contribution < 1.29 is 0 Å². The van der Waals surface area contributed by atoms with Gasteiger partial charge in [-0.15, -0.1) is 0 Å². The summed E-state index contributed by atoms with van der Waals surface area (Å²) in [5, 5.41) is 7.12. The van der Waals surface area contributed by atoms with Gasteiger partial charge in [-0.3, -0.25) is 5.10 Å². The Bertz CT molecular complexity index is 602. The maximum Gasteiger partial charge on any atom is 0.181 e. The summed E-state index contributed by atoms with van der Waals surface area (Å²) in [6.07, 6.45) is 1.64. The van der Waals surface area contributed by atoms with Crippen molar-refractivity contribution in [1.29, 1.82) is 0 Å². The van der Waals surface area contributed by atoms with Gasteiger partial charge in [-0.1, -0.05) is 20.8 Å². The van der Waals surface area contributed by atoms with Crippen LogP contribution in [0.25, 0.3) is 11.4 Å². The monoisotopic (exact) mass is 257 g/mol. The van der Waals surface area contributed by atoms with Gasteiger partial charge in [-0.25, -0.2) is 4.98 Å². The summed E-state index contributed by atoms with van der Waals surface area (Å²) < 4.78 is 0. The Hall–Kier alpha value is -1.64. The number of aromatic nitrogens is 3. The van der Waals surface area contributed by atoms with E-state index in [1.54, 1.807) is 6.33 Å². The first-order chi connectivity index (χ1) is 8.75.